The Balaban J connectivity index is 2.99. The Morgan fingerprint density at radius 3 is 2.29 bits per heavy atom. The minimum absolute atomic E-state index is 0.0318. The van der Waals surface area contributed by atoms with E-state index < -0.39 is 15.7 Å². The maximum absolute atomic E-state index is 11.4. The number of para-hydroxylation sites is 1. The van der Waals surface area contributed by atoms with Crippen molar-refractivity contribution in [2.75, 3.05) is 7.11 Å². The number of ether oxygens (including phenoxy) is 2. The lowest BCUT2D eigenvalue weighted by Crippen LogP contribution is -2.25. The van der Waals surface area contributed by atoms with Crippen LogP contribution in [-0.2, 0) is 9.53 Å². The molecular weight excluding hydrogens is 290 g/mol. The van der Waals surface area contributed by atoms with Crippen molar-refractivity contribution in [2.45, 2.75) is 3.79 Å². The van der Waals surface area contributed by atoms with E-state index in [1.807, 2.05) is 0 Å². The normalized spacial score (nSPS) is 10.8. The van der Waals surface area contributed by atoms with E-state index in [0.29, 0.717) is 0 Å². The molecule has 92 valence electrons. The van der Waals surface area contributed by atoms with Crippen LogP contribution in [-0.4, -0.2) is 22.8 Å². The molecule has 0 atom stereocenters. The summed E-state index contributed by atoms with van der Waals surface area (Å²) in [6.07, 6.45) is 0. The SMILES string of the molecule is COC(=O)c1ccccc1OC(=O)C(Cl)(Cl)Cl. The van der Waals surface area contributed by atoms with Gasteiger partial charge >= 0.3 is 11.9 Å². The molecule has 0 aliphatic carbocycles. The molecule has 0 saturated carbocycles. The first kappa shape index (κ1) is 14.1. The molecule has 0 fully saturated rings. The number of halogens is 3. The predicted molar refractivity (Wildman–Crippen MR) is 63.7 cm³/mol. The summed E-state index contributed by atoms with van der Waals surface area (Å²) in [5.74, 6) is -1.78. The second-order valence-electron chi connectivity index (χ2n) is 2.88. The molecule has 0 amide bonds. The van der Waals surface area contributed by atoms with Crippen molar-refractivity contribution in [2.24, 2.45) is 0 Å². The average molecular weight is 298 g/mol. The standard InChI is InChI=1S/C10H7Cl3O4/c1-16-8(14)6-4-2-3-5-7(6)17-9(15)10(11,12)13/h2-5H,1H3. The number of carbonyl (C=O) groups excluding carboxylic acids is 2. The fraction of sp³-hybridized carbons (Fsp3) is 0.200. The molecule has 1 rings (SSSR count). The maximum Gasteiger partial charge on any atom is 0.363 e. The molecule has 0 saturated heterocycles. The molecule has 0 aromatic heterocycles. The molecule has 1 aromatic carbocycles. The largest absolute Gasteiger partial charge is 0.465 e. The summed E-state index contributed by atoms with van der Waals surface area (Å²) in [7, 11) is 1.20. The van der Waals surface area contributed by atoms with Gasteiger partial charge in [0, 0.05) is 0 Å². The van der Waals surface area contributed by atoms with Crippen LogP contribution in [0, 0.1) is 0 Å². The number of alkyl halides is 3. The lowest BCUT2D eigenvalue weighted by Gasteiger charge is -2.12. The van der Waals surface area contributed by atoms with Crippen LogP contribution in [0.2, 0.25) is 0 Å². The van der Waals surface area contributed by atoms with E-state index in [9.17, 15) is 9.59 Å². The number of benzene rings is 1. The summed E-state index contributed by atoms with van der Waals surface area (Å²) in [6, 6.07) is 5.96. The van der Waals surface area contributed by atoms with Gasteiger partial charge in [-0.15, -0.1) is 0 Å². The summed E-state index contributed by atoms with van der Waals surface area (Å²) in [4.78, 5) is 22.7. The third kappa shape index (κ3) is 3.77. The quantitative estimate of drug-likeness (QED) is 0.478. The van der Waals surface area contributed by atoms with Gasteiger partial charge in [0.1, 0.15) is 11.3 Å². The minimum atomic E-state index is -2.21. The van der Waals surface area contributed by atoms with Crippen LogP contribution in [0.25, 0.3) is 0 Å². The lowest BCUT2D eigenvalue weighted by molar-refractivity contribution is -0.133. The third-order valence-corrected chi connectivity index (χ3v) is 2.19. The zero-order valence-corrected chi connectivity index (χ0v) is 10.8. The molecule has 4 nitrogen and oxygen atoms in total. The van der Waals surface area contributed by atoms with Crippen molar-refractivity contribution >= 4 is 46.7 Å². The van der Waals surface area contributed by atoms with Gasteiger partial charge in [0.05, 0.1) is 7.11 Å². The van der Waals surface area contributed by atoms with Gasteiger partial charge in [-0.05, 0) is 12.1 Å². The van der Waals surface area contributed by atoms with E-state index in [1.165, 1.54) is 19.2 Å². The molecule has 0 radical (unpaired) electrons. The molecule has 0 unspecified atom stereocenters. The Labute approximate surface area is 112 Å². The third-order valence-electron chi connectivity index (χ3n) is 1.73. The van der Waals surface area contributed by atoms with E-state index in [0.717, 1.165) is 0 Å². The van der Waals surface area contributed by atoms with Gasteiger partial charge in [-0.2, -0.15) is 0 Å². The number of esters is 2. The fourth-order valence-corrected chi connectivity index (χ4v) is 1.11. The number of hydrogen-bond acceptors (Lipinski definition) is 4. The highest BCUT2D eigenvalue weighted by Crippen LogP contribution is 2.29. The number of rotatable bonds is 2. The molecule has 0 N–H and O–H groups in total. The highest BCUT2D eigenvalue weighted by atomic mass is 35.6. The molecule has 0 aliphatic rings. The molecule has 17 heavy (non-hydrogen) atoms. The van der Waals surface area contributed by atoms with Gasteiger partial charge < -0.3 is 9.47 Å². The van der Waals surface area contributed by atoms with Gasteiger partial charge in [-0.3, -0.25) is 0 Å². The second kappa shape index (κ2) is 5.58. The van der Waals surface area contributed by atoms with Crippen molar-refractivity contribution in [3.05, 3.63) is 29.8 Å². The molecule has 1 aromatic rings. The predicted octanol–water partition coefficient (Wildman–Crippen LogP) is 2.75. The number of hydrogen-bond donors (Lipinski definition) is 0. The van der Waals surface area contributed by atoms with Crippen molar-refractivity contribution in [3.8, 4) is 5.75 Å². The van der Waals surface area contributed by atoms with Gasteiger partial charge in [0.2, 0.25) is 0 Å². The topological polar surface area (TPSA) is 52.6 Å². The van der Waals surface area contributed by atoms with Crippen molar-refractivity contribution in [3.63, 3.8) is 0 Å². The van der Waals surface area contributed by atoms with Crippen LogP contribution in [0.3, 0.4) is 0 Å². The van der Waals surface area contributed by atoms with Crippen LogP contribution in [0.1, 0.15) is 10.4 Å². The Bertz CT molecular complexity index is 439. The first-order valence-corrected chi connectivity index (χ1v) is 5.46. The van der Waals surface area contributed by atoms with Crippen molar-refractivity contribution in [1.82, 2.24) is 0 Å². The van der Waals surface area contributed by atoms with Crippen LogP contribution in [0.4, 0.5) is 0 Å². The van der Waals surface area contributed by atoms with E-state index in [2.05, 4.69) is 4.74 Å². The first-order chi connectivity index (χ1) is 7.86. The monoisotopic (exact) mass is 296 g/mol. The highest BCUT2D eigenvalue weighted by molar-refractivity contribution is 6.75. The zero-order chi connectivity index (χ0) is 13.1. The first-order valence-electron chi connectivity index (χ1n) is 4.32. The maximum atomic E-state index is 11.4. The van der Waals surface area contributed by atoms with E-state index in [-0.39, 0.29) is 11.3 Å². The Morgan fingerprint density at radius 2 is 1.76 bits per heavy atom. The molecule has 0 aliphatic heterocycles. The minimum Gasteiger partial charge on any atom is -0.465 e. The zero-order valence-electron chi connectivity index (χ0n) is 8.58. The molecule has 0 heterocycles. The highest BCUT2D eigenvalue weighted by Gasteiger charge is 2.34. The van der Waals surface area contributed by atoms with E-state index in [1.54, 1.807) is 12.1 Å². The Morgan fingerprint density at radius 1 is 1.18 bits per heavy atom. The lowest BCUT2D eigenvalue weighted by atomic mass is 10.2. The Kier molecular flexibility index (Phi) is 4.62. The van der Waals surface area contributed by atoms with Gasteiger partial charge in [-0.1, -0.05) is 46.9 Å². The average Bonchev–Trinajstić information content (AvgIpc) is 2.27. The van der Waals surface area contributed by atoms with Gasteiger partial charge in [0.15, 0.2) is 0 Å². The van der Waals surface area contributed by atoms with Crippen LogP contribution in [0.5, 0.6) is 5.75 Å². The van der Waals surface area contributed by atoms with Gasteiger partial charge in [0.25, 0.3) is 3.79 Å². The fourth-order valence-electron chi connectivity index (χ4n) is 0.992. The second-order valence-corrected chi connectivity index (χ2v) is 5.16. The smallest absolute Gasteiger partial charge is 0.363 e. The number of methoxy groups -OCH3 is 1. The van der Waals surface area contributed by atoms with Crippen LogP contribution < -0.4 is 4.74 Å². The summed E-state index contributed by atoms with van der Waals surface area (Å²) >= 11 is 16.0. The van der Waals surface area contributed by atoms with E-state index >= 15 is 0 Å². The van der Waals surface area contributed by atoms with Crippen LogP contribution in [0.15, 0.2) is 24.3 Å². The van der Waals surface area contributed by atoms with Crippen molar-refractivity contribution in [1.29, 1.82) is 0 Å². The van der Waals surface area contributed by atoms with Crippen LogP contribution >= 0.6 is 34.8 Å². The van der Waals surface area contributed by atoms with E-state index in [4.69, 9.17) is 39.5 Å². The number of carbonyl (C=O) groups is 2. The molecular formula is C10H7Cl3O4. The molecule has 0 bridgehead atoms. The summed E-state index contributed by atoms with van der Waals surface area (Å²) in [6.45, 7) is 0. The summed E-state index contributed by atoms with van der Waals surface area (Å²) in [5, 5.41) is 0. The molecule has 7 heteroatoms. The van der Waals surface area contributed by atoms with Gasteiger partial charge in [-0.25, -0.2) is 9.59 Å². The summed E-state index contributed by atoms with van der Waals surface area (Å²) in [5.41, 5.74) is 0.0672. The van der Waals surface area contributed by atoms with Crippen molar-refractivity contribution < 1.29 is 19.1 Å². The molecule has 0 spiro atoms. The summed E-state index contributed by atoms with van der Waals surface area (Å²) < 4.78 is 7.11. The Hall–Kier alpha value is -0.970.